The maximum atomic E-state index is 14.5. The van der Waals surface area contributed by atoms with E-state index in [0.717, 1.165) is 25.7 Å². The van der Waals surface area contributed by atoms with Crippen molar-refractivity contribution >= 4 is 34.9 Å². The number of carbonyl (C=O) groups is 4. The molecule has 2 unspecified atom stereocenters. The number of rotatable bonds is 8. The number of ketones is 1. The van der Waals surface area contributed by atoms with Crippen LogP contribution in [0.4, 0.5) is 4.39 Å². The highest BCUT2D eigenvalue weighted by molar-refractivity contribution is 6.10. The molecule has 2 aliphatic heterocycles. The minimum absolute atomic E-state index is 0.0417. The number of hydrogen-bond acceptors (Lipinski definition) is 6. The van der Waals surface area contributed by atoms with Gasteiger partial charge in [0.15, 0.2) is 5.78 Å². The van der Waals surface area contributed by atoms with Crippen molar-refractivity contribution in [2.45, 2.75) is 97.5 Å². The number of halogens is 1. The Labute approximate surface area is 282 Å². The fourth-order valence-corrected chi connectivity index (χ4v) is 7.30. The van der Waals surface area contributed by atoms with Crippen LogP contribution >= 0.6 is 0 Å². The van der Waals surface area contributed by atoms with Crippen LogP contribution in [0.2, 0.25) is 0 Å². The van der Waals surface area contributed by atoms with Gasteiger partial charge in [0.05, 0.1) is 34.5 Å². The average Bonchev–Trinajstić information content (AvgIpc) is 3.73. The lowest BCUT2D eigenvalue weighted by atomic mass is 9.88. The third kappa shape index (κ3) is 6.74. The smallest absolute Gasteiger partial charge is 0.256 e. The van der Waals surface area contributed by atoms with Crippen molar-refractivity contribution in [1.29, 1.82) is 0 Å². The van der Waals surface area contributed by atoms with E-state index in [4.69, 9.17) is 4.74 Å². The van der Waals surface area contributed by atoms with Gasteiger partial charge in [-0.05, 0) is 97.9 Å². The Kier molecular flexibility index (Phi) is 10.1. The van der Waals surface area contributed by atoms with Gasteiger partial charge in [-0.15, -0.1) is 0 Å². The van der Waals surface area contributed by atoms with E-state index in [9.17, 15) is 23.6 Å². The van der Waals surface area contributed by atoms with Gasteiger partial charge in [0, 0.05) is 61.7 Å². The highest BCUT2D eigenvalue weighted by Gasteiger charge is 2.51. The molecule has 48 heavy (non-hydrogen) atoms. The molecule has 4 heterocycles. The first-order valence-electron chi connectivity index (χ1n) is 16.8. The fourth-order valence-electron chi connectivity index (χ4n) is 7.30. The first kappa shape index (κ1) is 35.2. The molecule has 2 aromatic heterocycles. The molecule has 3 aliphatic rings. The predicted molar refractivity (Wildman–Crippen MR) is 181 cm³/mol. The zero-order chi connectivity index (χ0) is 35.1. The average molecular weight is 662 g/mol. The van der Waals surface area contributed by atoms with E-state index < -0.39 is 11.9 Å². The lowest BCUT2D eigenvalue weighted by molar-refractivity contribution is -0.147. The lowest BCUT2D eigenvalue weighted by Gasteiger charge is -2.42. The standard InChI is InChI=1S/C32H36FN5O4.C5H12O/c1-18(2)38(19(3)4)31(41)25-12-22(33)6-8-27(25)36-16-26(24-9-10-34-13-28(24)36)30(40)21-14-35(15-21)32(42)29-20-5-7-23(11-20)37(29)17-39;1-5(2,3)6-4/h6,8-10,12-13,16-21,23,29H,5,7,11,14-15H2,1-4H3;1-4H3/t20?,23-,29?;/m1./s1. The molecule has 2 saturated heterocycles. The van der Waals surface area contributed by atoms with E-state index >= 15 is 0 Å². The molecule has 2 bridgehead atoms. The van der Waals surface area contributed by atoms with Crippen molar-refractivity contribution in [3.8, 4) is 5.69 Å². The first-order valence-corrected chi connectivity index (χ1v) is 16.8. The molecule has 3 atom stereocenters. The quantitative estimate of drug-likeness (QED) is 0.233. The Balaban J connectivity index is 0.000000689. The maximum absolute atomic E-state index is 14.5. The number of ether oxygens (including phenoxy) is 1. The lowest BCUT2D eigenvalue weighted by Crippen LogP contribution is -2.59. The highest BCUT2D eigenvalue weighted by Crippen LogP contribution is 2.43. The number of amides is 3. The number of pyridine rings is 1. The Morgan fingerprint density at radius 1 is 1.04 bits per heavy atom. The molecule has 3 amide bonds. The molecule has 6 rings (SSSR count). The van der Waals surface area contributed by atoms with Crippen LogP contribution in [0.25, 0.3) is 16.6 Å². The summed E-state index contributed by atoms with van der Waals surface area (Å²) in [5.74, 6) is -1.18. The minimum atomic E-state index is -0.525. The van der Waals surface area contributed by atoms with Crippen molar-refractivity contribution in [2.24, 2.45) is 11.8 Å². The van der Waals surface area contributed by atoms with Gasteiger partial charge in [-0.1, -0.05) is 0 Å². The van der Waals surface area contributed by atoms with Crippen LogP contribution in [0, 0.1) is 17.7 Å². The van der Waals surface area contributed by atoms with Gasteiger partial charge in [-0.2, -0.15) is 0 Å². The van der Waals surface area contributed by atoms with Gasteiger partial charge in [-0.25, -0.2) is 4.39 Å². The second-order valence-electron chi connectivity index (χ2n) is 14.7. The number of likely N-dealkylation sites (tertiary alicyclic amines) is 2. The Hall–Kier alpha value is -4.12. The number of methoxy groups -OCH3 is 1. The molecular formula is C37H48FN5O5. The monoisotopic (exact) mass is 661 g/mol. The van der Waals surface area contributed by atoms with Gasteiger partial charge in [0.1, 0.15) is 11.9 Å². The highest BCUT2D eigenvalue weighted by atomic mass is 19.1. The molecule has 258 valence electrons. The molecule has 0 radical (unpaired) electrons. The molecule has 1 saturated carbocycles. The Bertz CT molecular complexity index is 1680. The third-order valence-corrected chi connectivity index (χ3v) is 9.86. The molecule has 0 N–H and O–H groups in total. The number of Topliss-reactive ketones (excluding diaryl/α,β-unsaturated/α-hetero) is 1. The van der Waals surface area contributed by atoms with Crippen LogP contribution in [-0.4, -0.2) is 98.2 Å². The van der Waals surface area contributed by atoms with Gasteiger partial charge in [0.25, 0.3) is 5.91 Å². The molecule has 11 heteroatoms. The number of carbonyl (C=O) groups excluding carboxylic acids is 4. The normalized spacial score (nSPS) is 20.6. The third-order valence-electron chi connectivity index (χ3n) is 9.86. The molecule has 1 aliphatic carbocycles. The van der Waals surface area contributed by atoms with Crippen LogP contribution in [0.1, 0.15) is 88.4 Å². The van der Waals surface area contributed by atoms with Crippen LogP contribution in [-0.2, 0) is 14.3 Å². The molecular weight excluding hydrogens is 613 g/mol. The number of nitrogens with zero attached hydrogens (tertiary/aromatic N) is 5. The van der Waals surface area contributed by atoms with Gasteiger partial charge in [-0.3, -0.25) is 24.2 Å². The van der Waals surface area contributed by atoms with Crippen LogP contribution in [0.3, 0.4) is 0 Å². The summed E-state index contributed by atoms with van der Waals surface area (Å²) in [6.07, 6.45) is 8.51. The zero-order valence-corrected chi connectivity index (χ0v) is 29.3. The molecule has 3 fully saturated rings. The van der Waals surface area contributed by atoms with Crippen LogP contribution < -0.4 is 0 Å². The van der Waals surface area contributed by atoms with Crippen LogP contribution in [0.15, 0.2) is 42.9 Å². The van der Waals surface area contributed by atoms with Crippen LogP contribution in [0.5, 0.6) is 0 Å². The molecule has 3 aromatic rings. The summed E-state index contributed by atoms with van der Waals surface area (Å²) in [6.45, 7) is 14.3. The number of fused-ring (bicyclic) bond motifs is 3. The minimum Gasteiger partial charge on any atom is -0.379 e. The van der Waals surface area contributed by atoms with E-state index in [1.54, 1.807) is 57.1 Å². The van der Waals surface area contributed by atoms with E-state index in [1.807, 2.05) is 48.5 Å². The van der Waals surface area contributed by atoms with Gasteiger partial charge >= 0.3 is 0 Å². The summed E-state index contributed by atoms with van der Waals surface area (Å²) in [6, 6.07) is 5.39. The second-order valence-corrected chi connectivity index (χ2v) is 14.7. The van der Waals surface area contributed by atoms with E-state index in [2.05, 4.69) is 4.98 Å². The SMILES string of the molecule is CC(C)N(C(=O)c1cc(F)ccc1-n1cc(C(=O)C2CN(C(=O)C3C4CC[C@H](C4)N3C=O)C2)c2ccncc21)C(C)C.COC(C)(C)C. The van der Waals surface area contributed by atoms with Crippen molar-refractivity contribution in [2.75, 3.05) is 20.2 Å². The number of benzene rings is 1. The van der Waals surface area contributed by atoms with E-state index in [0.29, 0.717) is 35.2 Å². The number of hydrogen-bond donors (Lipinski definition) is 0. The molecule has 1 aromatic carbocycles. The molecule has 0 spiro atoms. The topological polar surface area (TPSA) is 105 Å². The predicted octanol–water partition coefficient (Wildman–Crippen LogP) is 5.51. The van der Waals surface area contributed by atoms with Gasteiger partial charge < -0.3 is 24.0 Å². The van der Waals surface area contributed by atoms with Crippen molar-refractivity contribution in [3.63, 3.8) is 0 Å². The zero-order valence-electron chi connectivity index (χ0n) is 29.3. The van der Waals surface area contributed by atoms with Crippen molar-refractivity contribution < 1.29 is 28.3 Å². The Morgan fingerprint density at radius 2 is 1.71 bits per heavy atom. The summed E-state index contributed by atoms with van der Waals surface area (Å²) < 4.78 is 21.2. The second kappa shape index (κ2) is 13.8. The fraction of sp³-hybridized carbons (Fsp3) is 0.541. The maximum Gasteiger partial charge on any atom is 0.256 e. The molecule has 10 nitrogen and oxygen atoms in total. The number of piperidine rings is 1. The first-order chi connectivity index (χ1) is 22.7. The van der Waals surface area contributed by atoms with Crippen molar-refractivity contribution in [3.05, 3.63) is 59.8 Å². The van der Waals surface area contributed by atoms with Gasteiger partial charge in [0.2, 0.25) is 12.3 Å². The van der Waals surface area contributed by atoms with E-state index in [-0.39, 0.29) is 58.7 Å². The van der Waals surface area contributed by atoms with Crippen molar-refractivity contribution in [1.82, 2.24) is 24.3 Å². The Morgan fingerprint density at radius 3 is 2.31 bits per heavy atom. The summed E-state index contributed by atoms with van der Waals surface area (Å²) >= 11 is 0. The summed E-state index contributed by atoms with van der Waals surface area (Å²) in [7, 11) is 1.71. The summed E-state index contributed by atoms with van der Waals surface area (Å²) in [4.78, 5) is 61.8. The summed E-state index contributed by atoms with van der Waals surface area (Å²) in [5.41, 5.74) is 1.79. The van der Waals surface area contributed by atoms with E-state index in [1.165, 1.54) is 12.1 Å². The summed E-state index contributed by atoms with van der Waals surface area (Å²) in [5, 5.41) is 0.673. The largest absolute Gasteiger partial charge is 0.379 e. The number of aromatic nitrogens is 2.